The van der Waals surface area contributed by atoms with E-state index < -0.39 is 0 Å². The molecule has 0 spiro atoms. The first-order chi connectivity index (χ1) is 28.7. The van der Waals surface area contributed by atoms with Crippen molar-refractivity contribution in [3.63, 3.8) is 0 Å². The molecule has 0 amide bonds. The molecule has 0 unspecified atom stereocenters. The van der Waals surface area contributed by atoms with E-state index in [4.69, 9.17) is 4.42 Å². The number of anilines is 3. The number of fused-ring (bicyclic) bond motifs is 8. The number of rotatable bonds is 7. The van der Waals surface area contributed by atoms with Crippen LogP contribution < -0.4 is 4.90 Å². The number of aromatic nitrogens is 1. The van der Waals surface area contributed by atoms with E-state index in [0.29, 0.717) is 0 Å². The summed E-state index contributed by atoms with van der Waals surface area (Å²) in [5, 5.41) is 10.8. The van der Waals surface area contributed by atoms with Crippen molar-refractivity contribution in [1.82, 2.24) is 4.57 Å². The van der Waals surface area contributed by atoms with Crippen LogP contribution in [0.25, 0.3) is 94.1 Å². The average Bonchev–Trinajstić information content (AvgIpc) is 3.82. The van der Waals surface area contributed by atoms with E-state index >= 15 is 0 Å². The Morgan fingerprint density at radius 1 is 0.500 bits per heavy atom. The van der Waals surface area contributed by atoms with Gasteiger partial charge in [-0.05, 0) is 94.2 Å². The van der Waals surface area contributed by atoms with Crippen LogP contribution >= 0.6 is 0 Å². The van der Waals surface area contributed by atoms with E-state index in [-0.39, 0.29) is 0 Å². The third-order valence-electron chi connectivity index (χ3n) is 11.6. The number of benzene rings is 9. The number of para-hydroxylation sites is 2. The number of allylic oxidation sites excluding steroid dienone is 1. The highest BCUT2D eigenvalue weighted by Gasteiger charge is 2.23. The van der Waals surface area contributed by atoms with Gasteiger partial charge >= 0.3 is 0 Å². The maximum absolute atomic E-state index is 6.67. The molecule has 0 atom stereocenters. The number of hydrogen-bond acceptors (Lipinski definition) is 2. The van der Waals surface area contributed by atoms with E-state index in [1.54, 1.807) is 6.08 Å². The van der Waals surface area contributed by atoms with Crippen molar-refractivity contribution < 1.29 is 4.42 Å². The molecule has 0 saturated heterocycles. The van der Waals surface area contributed by atoms with Gasteiger partial charge in [0.05, 0.1) is 28.1 Å². The Hall–Kier alpha value is -7.62. The van der Waals surface area contributed by atoms with Crippen LogP contribution in [0, 0.1) is 0 Å². The molecule has 0 aliphatic carbocycles. The minimum Gasteiger partial charge on any atom is -0.454 e. The lowest BCUT2D eigenvalue weighted by molar-refractivity contribution is 0.604. The second-order valence-corrected chi connectivity index (χ2v) is 14.9. The maximum atomic E-state index is 6.67. The Bertz CT molecular complexity index is 3430. The Balaban J connectivity index is 1.10. The van der Waals surface area contributed by atoms with Crippen LogP contribution in [-0.2, 0) is 0 Å². The first-order valence-electron chi connectivity index (χ1n) is 19.8. The molecule has 11 aromatic rings. The summed E-state index contributed by atoms with van der Waals surface area (Å²) in [7, 11) is 0. The molecule has 0 saturated carbocycles. The van der Waals surface area contributed by atoms with Gasteiger partial charge in [-0.2, -0.15) is 0 Å². The summed E-state index contributed by atoms with van der Waals surface area (Å²) >= 11 is 0. The molecule has 2 aromatic heterocycles. The fourth-order valence-corrected chi connectivity index (χ4v) is 9.05. The summed E-state index contributed by atoms with van der Waals surface area (Å²) in [6.07, 6.45) is 5.96. The second-order valence-electron chi connectivity index (χ2n) is 14.9. The zero-order chi connectivity index (χ0) is 38.7. The van der Waals surface area contributed by atoms with Crippen molar-refractivity contribution in [1.29, 1.82) is 0 Å². The van der Waals surface area contributed by atoms with Crippen molar-refractivity contribution in [3.8, 4) is 16.8 Å². The molecule has 0 radical (unpaired) electrons. The van der Waals surface area contributed by atoms with Gasteiger partial charge in [0.1, 0.15) is 5.76 Å². The lowest BCUT2D eigenvalue weighted by Crippen LogP contribution is -2.11. The molecule has 274 valence electrons. The van der Waals surface area contributed by atoms with Gasteiger partial charge in [0.2, 0.25) is 0 Å². The third-order valence-corrected chi connectivity index (χ3v) is 11.6. The minimum absolute atomic E-state index is 0.761. The number of furan rings is 1. The summed E-state index contributed by atoms with van der Waals surface area (Å²) in [6, 6.07) is 65.9. The monoisotopic (exact) mass is 742 g/mol. The van der Waals surface area contributed by atoms with Crippen molar-refractivity contribution in [2.24, 2.45) is 0 Å². The van der Waals surface area contributed by atoms with Gasteiger partial charge in [-0.25, -0.2) is 0 Å². The second kappa shape index (κ2) is 13.5. The normalized spacial score (nSPS) is 11.9. The van der Waals surface area contributed by atoms with Crippen LogP contribution in [0.4, 0.5) is 17.1 Å². The molecule has 0 aliphatic rings. The van der Waals surface area contributed by atoms with Gasteiger partial charge in [0.15, 0.2) is 5.58 Å². The van der Waals surface area contributed by atoms with Gasteiger partial charge in [-0.3, -0.25) is 0 Å². The highest BCUT2D eigenvalue weighted by Crippen LogP contribution is 2.46. The number of hydrogen-bond donors (Lipinski definition) is 0. The van der Waals surface area contributed by atoms with E-state index in [1.165, 1.54) is 65.4 Å². The van der Waals surface area contributed by atoms with Gasteiger partial charge in [0.25, 0.3) is 0 Å². The minimum atomic E-state index is 0.761. The summed E-state index contributed by atoms with van der Waals surface area (Å²) < 4.78 is 9.09. The van der Waals surface area contributed by atoms with Crippen molar-refractivity contribution >= 4 is 94.3 Å². The highest BCUT2D eigenvalue weighted by molar-refractivity contribution is 6.16. The fourth-order valence-electron chi connectivity index (χ4n) is 9.05. The topological polar surface area (TPSA) is 21.3 Å². The van der Waals surface area contributed by atoms with Crippen LogP contribution in [0.1, 0.15) is 18.2 Å². The fraction of sp³-hybridized carbons (Fsp3) is 0.0182. The molecule has 0 N–H and O–H groups in total. The Morgan fingerprint density at radius 2 is 1.14 bits per heavy atom. The van der Waals surface area contributed by atoms with Crippen LogP contribution in [0.5, 0.6) is 0 Å². The smallest absolute Gasteiger partial charge is 0.159 e. The zero-order valence-electron chi connectivity index (χ0n) is 32.1. The predicted octanol–water partition coefficient (Wildman–Crippen LogP) is 15.8. The van der Waals surface area contributed by atoms with Crippen LogP contribution in [0.3, 0.4) is 0 Å². The largest absolute Gasteiger partial charge is 0.454 e. The lowest BCUT2D eigenvalue weighted by atomic mass is 9.98. The molecule has 0 bridgehead atoms. The third kappa shape index (κ3) is 5.21. The predicted molar refractivity (Wildman–Crippen MR) is 248 cm³/mol. The van der Waals surface area contributed by atoms with Crippen molar-refractivity contribution in [2.75, 3.05) is 4.90 Å². The van der Waals surface area contributed by atoms with Crippen molar-refractivity contribution in [2.45, 2.75) is 6.92 Å². The van der Waals surface area contributed by atoms with Crippen LogP contribution in [-0.4, -0.2) is 4.57 Å². The first-order valence-corrected chi connectivity index (χ1v) is 19.8. The molecule has 58 heavy (non-hydrogen) atoms. The Morgan fingerprint density at radius 3 is 1.95 bits per heavy atom. The molecule has 0 aliphatic heterocycles. The maximum Gasteiger partial charge on any atom is 0.159 e. The molecule has 3 nitrogen and oxygen atoms in total. The summed E-state index contributed by atoms with van der Waals surface area (Å²) in [5.41, 5.74) is 10.8. The van der Waals surface area contributed by atoms with E-state index in [2.05, 4.69) is 210 Å². The quantitative estimate of drug-likeness (QED) is 0.152. The summed E-state index contributed by atoms with van der Waals surface area (Å²) in [5.74, 6) is 0.761. The Labute approximate surface area is 336 Å². The van der Waals surface area contributed by atoms with Crippen molar-refractivity contribution in [3.05, 3.63) is 206 Å². The highest BCUT2D eigenvalue weighted by atomic mass is 16.3. The molecular formula is C55H38N2O. The molecule has 11 rings (SSSR count). The van der Waals surface area contributed by atoms with E-state index in [0.717, 1.165) is 44.9 Å². The first kappa shape index (κ1) is 33.7. The molecule has 3 heteroatoms. The van der Waals surface area contributed by atoms with Gasteiger partial charge in [0, 0.05) is 38.2 Å². The summed E-state index contributed by atoms with van der Waals surface area (Å²) in [4.78, 5) is 2.36. The van der Waals surface area contributed by atoms with E-state index in [9.17, 15) is 0 Å². The van der Waals surface area contributed by atoms with Gasteiger partial charge in [-0.15, -0.1) is 0 Å². The summed E-state index contributed by atoms with van der Waals surface area (Å²) in [6.45, 7) is 6.13. The van der Waals surface area contributed by atoms with Crippen LogP contribution in [0.15, 0.2) is 199 Å². The molecule has 2 heterocycles. The van der Waals surface area contributed by atoms with E-state index in [1.807, 2.05) is 6.92 Å². The molecule has 0 fully saturated rings. The number of nitrogens with zero attached hydrogens (tertiary/aromatic N) is 2. The SMILES string of the molecule is C=Cc1oc2c(N(c3ccc(-c4ccc5c(c4)c4ccccc4n5-c4cccc5ccccc45)cc3)c3cc4ccccc4c4ccccc34)cccc2c1/C=C\C. The molecular weight excluding hydrogens is 705 g/mol. The zero-order valence-corrected chi connectivity index (χ0v) is 32.1. The van der Waals surface area contributed by atoms with Gasteiger partial charge in [-0.1, -0.05) is 152 Å². The average molecular weight is 743 g/mol. The molecule has 9 aromatic carbocycles. The van der Waals surface area contributed by atoms with Gasteiger partial charge < -0.3 is 13.9 Å². The standard InChI is InChI=1S/C55H38N2O/c1-3-15-46-47-24-14-27-52(55(47)58-54(46)4-2)56(53-35-39-17-6-7-19-41(39)43-21-9-10-22-44(43)53)40-31-28-36(29-32-40)38-30-33-51-48(34-38)45-23-11-12-25-50(45)57(51)49-26-13-18-37-16-5-8-20-42(37)49/h3-35H,2H2,1H3/b15-3-. The lowest BCUT2D eigenvalue weighted by Gasteiger charge is -2.28. The van der Waals surface area contributed by atoms with Crippen LogP contribution in [0.2, 0.25) is 0 Å². The Kier molecular flexibility index (Phi) is 7.87.